The zero-order valence-corrected chi connectivity index (χ0v) is 19.7. The highest BCUT2D eigenvalue weighted by Crippen LogP contribution is 2.36. The van der Waals surface area contributed by atoms with E-state index >= 15 is 0 Å². The van der Waals surface area contributed by atoms with Crippen molar-refractivity contribution >= 4 is 44.5 Å². The molecule has 0 spiro atoms. The Labute approximate surface area is 197 Å². The molecule has 9 nitrogen and oxygen atoms in total. The molecule has 0 saturated carbocycles. The van der Waals surface area contributed by atoms with Crippen molar-refractivity contribution in [2.45, 2.75) is 13.3 Å². The highest BCUT2D eigenvalue weighted by molar-refractivity contribution is 9.10. The average Bonchev–Trinajstić information content (AvgIpc) is 3.18. The summed E-state index contributed by atoms with van der Waals surface area (Å²) in [6.45, 7) is 3.08. The molecule has 0 unspecified atom stereocenters. The van der Waals surface area contributed by atoms with Crippen LogP contribution in [0.25, 0.3) is 0 Å². The predicted octanol–water partition coefficient (Wildman–Crippen LogP) is 3.43. The molecule has 2 aromatic carbocycles. The van der Waals surface area contributed by atoms with Crippen LogP contribution in [0.3, 0.4) is 0 Å². The molecule has 0 radical (unpaired) electrons. The molecule has 0 aliphatic heterocycles. The quantitative estimate of drug-likeness (QED) is 0.226. The Morgan fingerprint density at radius 2 is 1.97 bits per heavy atom. The van der Waals surface area contributed by atoms with Crippen LogP contribution < -0.4 is 25.4 Å². The first-order chi connectivity index (χ1) is 15.5. The van der Waals surface area contributed by atoms with Crippen molar-refractivity contribution in [1.82, 2.24) is 15.6 Å². The molecule has 0 aliphatic carbocycles. The maximum Gasteiger partial charge on any atom is 0.247 e. The number of hydrazone groups is 1. The molecule has 1 amide bonds. The number of hydrogen-bond acceptors (Lipinski definition) is 9. The summed E-state index contributed by atoms with van der Waals surface area (Å²) in [5.41, 5.74) is 8.68. The van der Waals surface area contributed by atoms with Gasteiger partial charge in [-0.05, 0) is 52.7 Å². The fourth-order valence-electron chi connectivity index (χ4n) is 2.58. The molecule has 0 bridgehead atoms. The van der Waals surface area contributed by atoms with Crippen LogP contribution in [0, 0.1) is 0 Å². The van der Waals surface area contributed by atoms with E-state index in [0.29, 0.717) is 51.5 Å². The number of nitrogen functional groups attached to an aromatic ring is 1. The van der Waals surface area contributed by atoms with E-state index in [1.165, 1.54) is 6.21 Å². The summed E-state index contributed by atoms with van der Waals surface area (Å²) < 4.78 is 17.9. The first kappa shape index (κ1) is 23.5. The number of para-hydroxylation sites is 1. The maximum absolute atomic E-state index is 12.0. The lowest BCUT2D eigenvalue weighted by atomic mass is 10.2. The van der Waals surface area contributed by atoms with Gasteiger partial charge in [-0.15, -0.1) is 10.2 Å². The smallest absolute Gasteiger partial charge is 0.247 e. The molecule has 0 atom stereocenters. The Balaban J connectivity index is 1.57. The first-order valence-electron chi connectivity index (χ1n) is 9.72. The summed E-state index contributed by atoms with van der Waals surface area (Å²) in [6, 6.07) is 13.1. The van der Waals surface area contributed by atoms with Gasteiger partial charge in [-0.3, -0.25) is 4.79 Å². The molecule has 1 aromatic heterocycles. The van der Waals surface area contributed by atoms with Gasteiger partial charge in [0.25, 0.3) is 0 Å². The molecule has 3 aromatic rings. The number of benzene rings is 2. The third kappa shape index (κ3) is 7.20. The molecule has 0 fully saturated rings. The van der Waals surface area contributed by atoms with Crippen molar-refractivity contribution in [3.05, 3.63) is 57.5 Å². The molecule has 3 rings (SSSR count). The Bertz CT molecular complexity index is 1060. The number of amides is 1. The predicted molar refractivity (Wildman–Crippen MR) is 127 cm³/mol. The van der Waals surface area contributed by atoms with E-state index in [9.17, 15) is 4.79 Å². The van der Waals surface area contributed by atoms with E-state index < -0.39 is 0 Å². The van der Waals surface area contributed by atoms with Gasteiger partial charge >= 0.3 is 0 Å². The van der Waals surface area contributed by atoms with Gasteiger partial charge in [0.1, 0.15) is 24.0 Å². The van der Waals surface area contributed by atoms with Crippen molar-refractivity contribution in [1.29, 1.82) is 0 Å². The number of carbonyl (C=O) groups is 1. The van der Waals surface area contributed by atoms with E-state index in [1.54, 1.807) is 6.07 Å². The zero-order valence-electron chi connectivity index (χ0n) is 17.3. The van der Waals surface area contributed by atoms with Crippen LogP contribution in [0.5, 0.6) is 17.2 Å². The number of nitrogens with two attached hydrogens (primary N) is 1. The normalized spacial score (nSPS) is 10.8. The molecule has 3 N–H and O–H groups in total. The summed E-state index contributed by atoms with van der Waals surface area (Å²) in [4.78, 5) is 12.0. The Morgan fingerprint density at radius 1 is 1.19 bits per heavy atom. The van der Waals surface area contributed by atoms with Crippen molar-refractivity contribution < 1.29 is 19.0 Å². The summed E-state index contributed by atoms with van der Waals surface area (Å²) in [5.74, 6) is 1.58. The number of ether oxygens (including phenoxy) is 3. The van der Waals surface area contributed by atoms with Crippen LogP contribution in [0.1, 0.15) is 17.5 Å². The lowest BCUT2D eigenvalue weighted by molar-refractivity contribution is -0.120. The van der Waals surface area contributed by atoms with Crippen molar-refractivity contribution in [2.75, 3.05) is 25.6 Å². The minimum Gasteiger partial charge on any atom is -0.490 e. The first-order valence-corrected chi connectivity index (χ1v) is 11.3. The Morgan fingerprint density at radius 3 is 2.69 bits per heavy atom. The van der Waals surface area contributed by atoms with E-state index in [-0.39, 0.29) is 12.3 Å². The van der Waals surface area contributed by atoms with Crippen LogP contribution in [-0.4, -0.2) is 42.1 Å². The average molecular weight is 520 g/mol. The van der Waals surface area contributed by atoms with Crippen molar-refractivity contribution in [3.63, 3.8) is 0 Å². The summed E-state index contributed by atoms with van der Waals surface area (Å²) >= 11 is 4.67. The van der Waals surface area contributed by atoms with E-state index in [0.717, 1.165) is 17.1 Å². The number of anilines is 1. The highest BCUT2D eigenvalue weighted by atomic mass is 79.9. The highest BCUT2D eigenvalue weighted by Gasteiger charge is 2.12. The fraction of sp³-hybridized carbons (Fsp3) is 0.238. The zero-order chi connectivity index (χ0) is 22.8. The van der Waals surface area contributed by atoms with Crippen LogP contribution in [0.15, 0.2) is 52.0 Å². The number of nitrogens with one attached hydrogen (secondary N) is 1. The third-order valence-electron chi connectivity index (χ3n) is 3.87. The minimum atomic E-state index is -0.320. The molecule has 32 heavy (non-hydrogen) atoms. The number of rotatable bonds is 11. The molecular formula is C21H22BrN5O4S. The summed E-state index contributed by atoms with van der Waals surface area (Å²) in [7, 11) is 0. The number of hydrogen-bond donors (Lipinski definition) is 2. The van der Waals surface area contributed by atoms with E-state index in [1.807, 2.05) is 43.3 Å². The Hall–Kier alpha value is -3.18. The standard InChI is InChI=1S/C21H22BrN5O4S/c1-2-29-17-11-14(13-24-25-18(28)12-19-26-27-21(23)32-19)10-16(22)20(17)31-9-8-30-15-6-4-3-5-7-15/h3-7,10-11,13H,2,8-9,12H2,1H3,(H2,23,27)(H,25,28)/b24-13-. The van der Waals surface area contributed by atoms with Gasteiger partial charge in [0.2, 0.25) is 11.0 Å². The van der Waals surface area contributed by atoms with Gasteiger partial charge in [0.05, 0.1) is 23.7 Å². The second-order valence-corrected chi connectivity index (χ2v) is 8.22. The van der Waals surface area contributed by atoms with Crippen LogP contribution in [-0.2, 0) is 11.2 Å². The fourth-order valence-corrected chi connectivity index (χ4v) is 3.76. The molecular weight excluding hydrogens is 498 g/mol. The van der Waals surface area contributed by atoms with E-state index in [4.69, 9.17) is 19.9 Å². The summed E-state index contributed by atoms with van der Waals surface area (Å²) in [6.07, 6.45) is 1.57. The molecule has 0 aliphatic rings. The number of carbonyl (C=O) groups excluding carboxylic acids is 1. The number of halogens is 1. The molecule has 11 heteroatoms. The second-order valence-electron chi connectivity index (χ2n) is 6.28. The molecule has 0 saturated heterocycles. The lowest BCUT2D eigenvalue weighted by Gasteiger charge is -2.15. The van der Waals surface area contributed by atoms with Crippen molar-refractivity contribution in [3.8, 4) is 17.2 Å². The minimum absolute atomic E-state index is 0.0535. The van der Waals surface area contributed by atoms with Crippen LogP contribution >= 0.6 is 27.3 Å². The summed E-state index contributed by atoms with van der Waals surface area (Å²) in [5, 5.41) is 12.3. The second kappa shape index (κ2) is 12.0. The monoisotopic (exact) mass is 519 g/mol. The van der Waals surface area contributed by atoms with Gasteiger partial charge in [0, 0.05) is 0 Å². The van der Waals surface area contributed by atoms with Gasteiger partial charge in [-0.2, -0.15) is 5.10 Å². The maximum atomic E-state index is 12.0. The lowest BCUT2D eigenvalue weighted by Crippen LogP contribution is -2.19. The van der Waals surface area contributed by atoms with E-state index in [2.05, 4.69) is 36.7 Å². The Kier molecular flexibility index (Phi) is 8.81. The van der Waals surface area contributed by atoms with Gasteiger partial charge in [0.15, 0.2) is 11.5 Å². The number of aromatic nitrogens is 2. The van der Waals surface area contributed by atoms with Gasteiger partial charge in [-0.25, -0.2) is 5.43 Å². The number of nitrogens with zero attached hydrogens (tertiary/aromatic N) is 3. The largest absolute Gasteiger partial charge is 0.490 e. The molecule has 1 heterocycles. The van der Waals surface area contributed by atoms with Crippen LogP contribution in [0.2, 0.25) is 0 Å². The van der Waals surface area contributed by atoms with Crippen molar-refractivity contribution in [2.24, 2.45) is 5.10 Å². The SMILES string of the molecule is CCOc1cc(/C=N\NC(=O)Cc2nnc(N)s2)cc(Br)c1OCCOc1ccccc1. The third-order valence-corrected chi connectivity index (χ3v) is 5.21. The topological polar surface area (TPSA) is 121 Å². The van der Waals surface area contributed by atoms with Gasteiger partial charge in [-0.1, -0.05) is 29.5 Å². The molecule has 168 valence electrons. The van der Waals surface area contributed by atoms with Gasteiger partial charge < -0.3 is 19.9 Å². The van der Waals surface area contributed by atoms with Crippen LogP contribution in [0.4, 0.5) is 5.13 Å².